The molecule has 0 unspecified atom stereocenters. The molecule has 0 radical (unpaired) electrons. The van der Waals surface area contributed by atoms with Gasteiger partial charge in [-0.25, -0.2) is 9.78 Å². The third-order valence-electron chi connectivity index (χ3n) is 3.06. The van der Waals surface area contributed by atoms with E-state index in [9.17, 15) is 4.79 Å². The molecule has 4 nitrogen and oxygen atoms in total. The molecule has 0 saturated carbocycles. The number of carbonyl (C=O) groups excluding carboxylic acids is 1. The maximum Gasteiger partial charge on any atom is 0.413 e. The van der Waals surface area contributed by atoms with Crippen LogP contribution in [0.1, 0.15) is 5.56 Å². The molecule has 1 N–H and O–H groups in total. The summed E-state index contributed by atoms with van der Waals surface area (Å²) in [5.74, 6) is 0.474. The molecule has 3 aromatic rings. The molecule has 22 heavy (non-hydrogen) atoms. The number of hydrogen-bond acceptors (Lipinski definition) is 4. The molecule has 2 heterocycles. The number of nitrogens with one attached hydrogen (secondary N) is 1. The third-order valence-corrected chi connectivity index (χ3v) is 3.74. The largest absolute Gasteiger partial charge is 0.444 e. The van der Waals surface area contributed by atoms with Crippen molar-refractivity contribution in [2.24, 2.45) is 0 Å². The van der Waals surface area contributed by atoms with E-state index in [4.69, 9.17) is 4.74 Å². The Kier molecular flexibility index (Phi) is 4.46. The van der Waals surface area contributed by atoms with Crippen LogP contribution in [-0.2, 0) is 11.3 Å². The summed E-state index contributed by atoms with van der Waals surface area (Å²) in [7, 11) is 0. The Morgan fingerprint density at radius 3 is 2.77 bits per heavy atom. The molecule has 1 aromatic carbocycles. The Morgan fingerprint density at radius 2 is 2.00 bits per heavy atom. The van der Waals surface area contributed by atoms with E-state index >= 15 is 0 Å². The van der Waals surface area contributed by atoms with Crippen molar-refractivity contribution >= 4 is 23.2 Å². The molecule has 0 fully saturated rings. The highest BCUT2D eigenvalue weighted by Crippen LogP contribution is 2.23. The number of pyridine rings is 1. The molecule has 0 aliphatic rings. The van der Waals surface area contributed by atoms with Gasteiger partial charge >= 0.3 is 6.09 Å². The van der Waals surface area contributed by atoms with Crippen LogP contribution in [0.15, 0.2) is 65.5 Å². The number of thiophene rings is 1. The van der Waals surface area contributed by atoms with Crippen LogP contribution in [0.3, 0.4) is 0 Å². The maximum absolute atomic E-state index is 11.8. The zero-order valence-electron chi connectivity index (χ0n) is 11.7. The van der Waals surface area contributed by atoms with E-state index in [2.05, 4.69) is 10.3 Å². The number of ether oxygens (including phenoxy) is 1. The van der Waals surface area contributed by atoms with Crippen molar-refractivity contribution < 1.29 is 9.53 Å². The van der Waals surface area contributed by atoms with Gasteiger partial charge in [-0.2, -0.15) is 11.3 Å². The van der Waals surface area contributed by atoms with Crippen molar-refractivity contribution in [3.05, 3.63) is 71.1 Å². The van der Waals surface area contributed by atoms with E-state index in [1.807, 2.05) is 59.3 Å². The van der Waals surface area contributed by atoms with Crippen molar-refractivity contribution in [1.82, 2.24) is 4.98 Å². The van der Waals surface area contributed by atoms with E-state index in [0.29, 0.717) is 5.82 Å². The van der Waals surface area contributed by atoms with Gasteiger partial charge < -0.3 is 4.74 Å². The number of anilines is 1. The van der Waals surface area contributed by atoms with Crippen LogP contribution < -0.4 is 5.32 Å². The number of carbonyl (C=O) groups is 1. The first-order valence-electron chi connectivity index (χ1n) is 6.77. The van der Waals surface area contributed by atoms with Crippen LogP contribution in [0.25, 0.3) is 11.1 Å². The Morgan fingerprint density at radius 1 is 1.14 bits per heavy atom. The highest BCUT2D eigenvalue weighted by atomic mass is 32.1. The van der Waals surface area contributed by atoms with Gasteiger partial charge in [-0.1, -0.05) is 30.3 Å². The minimum absolute atomic E-state index is 0.233. The van der Waals surface area contributed by atoms with Crippen LogP contribution in [0, 0.1) is 0 Å². The first kappa shape index (κ1) is 14.3. The van der Waals surface area contributed by atoms with Crippen molar-refractivity contribution in [3.63, 3.8) is 0 Å². The molecule has 0 bridgehead atoms. The van der Waals surface area contributed by atoms with Gasteiger partial charge in [0.05, 0.1) is 0 Å². The summed E-state index contributed by atoms with van der Waals surface area (Å²) in [5.41, 5.74) is 3.06. The van der Waals surface area contributed by atoms with Gasteiger partial charge in [0.15, 0.2) is 0 Å². The quantitative estimate of drug-likeness (QED) is 0.768. The van der Waals surface area contributed by atoms with Gasteiger partial charge in [0.1, 0.15) is 12.4 Å². The Hall–Kier alpha value is -2.66. The van der Waals surface area contributed by atoms with Crippen molar-refractivity contribution in [2.45, 2.75) is 6.61 Å². The molecule has 0 atom stereocenters. The lowest BCUT2D eigenvalue weighted by Crippen LogP contribution is -2.14. The van der Waals surface area contributed by atoms with E-state index in [1.165, 1.54) is 0 Å². The Labute approximate surface area is 132 Å². The molecule has 5 heteroatoms. The number of rotatable bonds is 4. The second kappa shape index (κ2) is 6.87. The molecule has 0 spiro atoms. The summed E-state index contributed by atoms with van der Waals surface area (Å²) in [6, 6.07) is 15.3. The monoisotopic (exact) mass is 310 g/mol. The second-order valence-corrected chi connectivity index (χ2v) is 5.41. The van der Waals surface area contributed by atoms with Crippen molar-refractivity contribution in [1.29, 1.82) is 0 Å². The number of aromatic nitrogens is 1. The molecule has 110 valence electrons. The Balaban J connectivity index is 1.61. The van der Waals surface area contributed by atoms with Gasteiger partial charge in [-0.05, 0) is 45.6 Å². The zero-order chi connectivity index (χ0) is 15.2. The van der Waals surface area contributed by atoms with Crippen LogP contribution in [0.4, 0.5) is 10.6 Å². The van der Waals surface area contributed by atoms with Crippen LogP contribution in [0.5, 0.6) is 0 Å². The smallest absolute Gasteiger partial charge is 0.413 e. The molecule has 1 amide bonds. The summed E-state index contributed by atoms with van der Waals surface area (Å²) < 4.78 is 5.17. The summed E-state index contributed by atoms with van der Waals surface area (Å²) in [5, 5.41) is 6.70. The molecule has 0 saturated heterocycles. The number of benzene rings is 1. The third kappa shape index (κ3) is 3.71. The normalized spacial score (nSPS) is 10.2. The van der Waals surface area contributed by atoms with Gasteiger partial charge in [-0.3, -0.25) is 5.32 Å². The van der Waals surface area contributed by atoms with Crippen molar-refractivity contribution in [3.8, 4) is 11.1 Å². The number of amides is 1. The minimum Gasteiger partial charge on any atom is -0.444 e. The SMILES string of the molecule is O=C(Nc1cc(-c2ccsc2)ccn1)OCc1ccccc1. The van der Waals surface area contributed by atoms with E-state index in [-0.39, 0.29) is 6.61 Å². The predicted octanol–water partition coefficient (Wildman–Crippen LogP) is 4.56. The van der Waals surface area contributed by atoms with Gasteiger partial charge in [0.2, 0.25) is 0 Å². The zero-order valence-corrected chi connectivity index (χ0v) is 12.5. The molecule has 0 aliphatic heterocycles. The number of hydrogen-bond donors (Lipinski definition) is 1. The first-order chi connectivity index (χ1) is 10.8. The van der Waals surface area contributed by atoms with Crippen LogP contribution in [0.2, 0.25) is 0 Å². The van der Waals surface area contributed by atoms with Crippen LogP contribution >= 0.6 is 11.3 Å². The average molecular weight is 310 g/mol. The number of nitrogens with zero attached hydrogens (tertiary/aromatic N) is 1. The minimum atomic E-state index is -0.515. The summed E-state index contributed by atoms with van der Waals surface area (Å²) in [6.45, 7) is 0.233. The first-order valence-corrected chi connectivity index (χ1v) is 7.72. The van der Waals surface area contributed by atoms with Gasteiger partial charge in [0.25, 0.3) is 0 Å². The molecule has 0 aliphatic carbocycles. The maximum atomic E-state index is 11.8. The lowest BCUT2D eigenvalue weighted by Gasteiger charge is -2.07. The lowest BCUT2D eigenvalue weighted by atomic mass is 10.1. The van der Waals surface area contributed by atoms with Crippen LogP contribution in [-0.4, -0.2) is 11.1 Å². The summed E-state index contributed by atoms with van der Waals surface area (Å²) >= 11 is 1.63. The Bertz CT molecular complexity index is 742. The van der Waals surface area contributed by atoms with Gasteiger partial charge in [0, 0.05) is 6.20 Å². The summed E-state index contributed by atoms with van der Waals surface area (Å²) in [4.78, 5) is 15.9. The fraction of sp³-hybridized carbons (Fsp3) is 0.0588. The second-order valence-electron chi connectivity index (χ2n) is 4.63. The highest BCUT2D eigenvalue weighted by Gasteiger charge is 2.06. The van der Waals surface area contributed by atoms with E-state index in [0.717, 1.165) is 16.7 Å². The molecule has 3 rings (SSSR count). The standard InChI is InChI=1S/C17H14N2O2S/c20-17(21-11-13-4-2-1-3-5-13)19-16-10-14(6-8-18-16)15-7-9-22-12-15/h1-10,12H,11H2,(H,18,19,20). The molecular formula is C17H14N2O2S. The highest BCUT2D eigenvalue weighted by molar-refractivity contribution is 7.08. The van der Waals surface area contributed by atoms with Crippen molar-refractivity contribution in [2.75, 3.05) is 5.32 Å². The van der Waals surface area contributed by atoms with E-state index < -0.39 is 6.09 Å². The topological polar surface area (TPSA) is 51.2 Å². The fourth-order valence-corrected chi connectivity index (χ4v) is 2.64. The van der Waals surface area contributed by atoms with E-state index in [1.54, 1.807) is 17.5 Å². The fourth-order valence-electron chi connectivity index (χ4n) is 1.97. The predicted molar refractivity (Wildman–Crippen MR) is 87.8 cm³/mol. The molecular weight excluding hydrogens is 296 g/mol. The lowest BCUT2D eigenvalue weighted by molar-refractivity contribution is 0.155. The average Bonchev–Trinajstić information content (AvgIpc) is 3.09. The van der Waals surface area contributed by atoms with Gasteiger partial charge in [-0.15, -0.1) is 0 Å². The summed E-state index contributed by atoms with van der Waals surface area (Å²) in [6.07, 6.45) is 1.15. The molecule has 2 aromatic heterocycles.